The second-order valence-corrected chi connectivity index (χ2v) is 5.15. The first-order valence-electron chi connectivity index (χ1n) is 6.97. The van der Waals surface area contributed by atoms with Gasteiger partial charge in [0, 0.05) is 25.6 Å². The molecule has 1 rings (SSSR count). The molecule has 1 aliphatic rings. The SMILES string of the molecule is CCCN(CCN)C(=O)C1CCCCC1C(F)(F)F. The lowest BCUT2D eigenvalue weighted by Crippen LogP contribution is -2.46. The van der Waals surface area contributed by atoms with Gasteiger partial charge in [0.25, 0.3) is 0 Å². The van der Waals surface area contributed by atoms with Gasteiger partial charge in [-0.1, -0.05) is 19.8 Å². The van der Waals surface area contributed by atoms with Crippen molar-refractivity contribution < 1.29 is 18.0 Å². The molecule has 0 saturated heterocycles. The van der Waals surface area contributed by atoms with E-state index in [1.807, 2.05) is 6.92 Å². The zero-order chi connectivity index (χ0) is 14.5. The van der Waals surface area contributed by atoms with E-state index in [0.29, 0.717) is 32.4 Å². The number of hydrogen-bond donors (Lipinski definition) is 1. The zero-order valence-corrected chi connectivity index (χ0v) is 11.4. The number of nitrogens with two attached hydrogens (primary N) is 1. The Bertz CT molecular complexity index is 288. The van der Waals surface area contributed by atoms with Crippen LogP contribution >= 0.6 is 0 Å². The van der Waals surface area contributed by atoms with Gasteiger partial charge in [0.2, 0.25) is 5.91 Å². The molecule has 3 nitrogen and oxygen atoms in total. The van der Waals surface area contributed by atoms with Gasteiger partial charge in [0.1, 0.15) is 0 Å². The summed E-state index contributed by atoms with van der Waals surface area (Å²) in [4.78, 5) is 13.8. The van der Waals surface area contributed by atoms with Crippen LogP contribution in [0.15, 0.2) is 0 Å². The Hall–Kier alpha value is -0.780. The zero-order valence-electron chi connectivity index (χ0n) is 11.4. The number of carbonyl (C=O) groups is 1. The summed E-state index contributed by atoms with van der Waals surface area (Å²) in [5, 5.41) is 0. The standard InChI is InChI=1S/C13H23F3N2O/c1-2-8-18(9-7-17)12(19)10-5-3-4-6-11(10)13(14,15)16/h10-11H,2-9,17H2,1H3. The van der Waals surface area contributed by atoms with Crippen molar-refractivity contribution in [3.63, 3.8) is 0 Å². The summed E-state index contributed by atoms with van der Waals surface area (Å²) in [7, 11) is 0. The summed E-state index contributed by atoms with van der Waals surface area (Å²) in [6.07, 6.45) is -1.88. The Labute approximate surface area is 112 Å². The first-order valence-corrected chi connectivity index (χ1v) is 6.97. The molecular weight excluding hydrogens is 257 g/mol. The summed E-state index contributed by atoms with van der Waals surface area (Å²) in [6, 6.07) is 0. The lowest BCUT2D eigenvalue weighted by molar-refractivity contribution is -0.200. The largest absolute Gasteiger partial charge is 0.392 e. The van der Waals surface area contributed by atoms with E-state index in [2.05, 4.69) is 0 Å². The van der Waals surface area contributed by atoms with Crippen LogP contribution in [0.1, 0.15) is 39.0 Å². The second-order valence-electron chi connectivity index (χ2n) is 5.15. The van der Waals surface area contributed by atoms with Crippen molar-refractivity contribution in [2.45, 2.75) is 45.2 Å². The Kier molecular flexibility index (Phi) is 6.10. The molecule has 0 heterocycles. The van der Waals surface area contributed by atoms with Crippen LogP contribution in [0.5, 0.6) is 0 Å². The number of rotatable bonds is 5. The van der Waals surface area contributed by atoms with Crippen molar-refractivity contribution >= 4 is 5.91 Å². The van der Waals surface area contributed by atoms with Gasteiger partial charge in [-0.2, -0.15) is 13.2 Å². The number of carbonyl (C=O) groups excluding carboxylic acids is 1. The van der Waals surface area contributed by atoms with E-state index in [0.717, 1.165) is 6.42 Å². The smallest absolute Gasteiger partial charge is 0.341 e. The number of alkyl halides is 3. The fraction of sp³-hybridized carbons (Fsp3) is 0.923. The summed E-state index contributed by atoms with van der Waals surface area (Å²) in [6.45, 7) is 3.01. The number of nitrogens with zero attached hydrogens (tertiary/aromatic N) is 1. The van der Waals surface area contributed by atoms with Crippen LogP contribution in [0.4, 0.5) is 13.2 Å². The minimum atomic E-state index is -4.28. The minimum absolute atomic E-state index is 0.0719. The van der Waals surface area contributed by atoms with Gasteiger partial charge in [0.05, 0.1) is 5.92 Å². The van der Waals surface area contributed by atoms with E-state index in [4.69, 9.17) is 5.73 Å². The maximum absolute atomic E-state index is 13.0. The van der Waals surface area contributed by atoms with Crippen LogP contribution in [0.3, 0.4) is 0 Å². The first-order chi connectivity index (χ1) is 8.91. The third-order valence-corrected chi connectivity index (χ3v) is 3.71. The van der Waals surface area contributed by atoms with Crippen LogP contribution in [0, 0.1) is 11.8 Å². The molecule has 2 N–H and O–H groups in total. The van der Waals surface area contributed by atoms with Crippen LogP contribution < -0.4 is 5.73 Å². The molecule has 2 atom stereocenters. The fourth-order valence-corrected chi connectivity index (χ4v) is 2.81. The average Bonchev–Trinajstić information content (AvgIpc) is 2.37. The Morgan fingerprint density at radius 3 is 2.42 bits per heavy atom. The summed E-state index contributed by atoms with van der Waals surface area (Å²) in [5.74, 6) is -2.76. The number of amides is 1. The molecule has 1 saturated carbocycles. The Morgan fingerprint density at radius 1 is 1.26 bits per heavy atom. The van der Waals surface area contributed by atoms with Crippen LogP contribution in [0.25, 0.3) is 0 Å². The maximum atomic E-state index is 13.0. The van der Waals surface area contributed by atoms with E-state index >= 15 is 0 Å². The van der Waals surface area contributed by atoms with Gasteiger partial charge in [0.15, 0.2) is 0 Å². The van der Waals surface area contributed by atoms with E-state index in [9.17, 15) is 18.0 Å². The van der Waals surface area contributed by atoms with Crippen molar-refractivity contribution in [1.29, 1.82) is 0 Å². The van der Waals surface area contributed by atoms with Gasteiger partial charge < -0.3 is 10.6 Å². The van der Waals surface area contributed by atoms with Crippen molar-refractivity contribution in [1.82, 2.24) is 4.90 Å². The molecule has 1 fully saturated rings. The highest BCUT2D eigenvalue weighted by atomic mass is 19.4. The summed E-state index contributed by atoms with van der Waals surface area (Å²) >= 11 is 0. The van der Waals surface area contributed by atoms with Gasteiger partial charge in [-0.05, 0) is 19.3 Å². The second kappa shape index (κ2) is 7.12. The number of hydrogen-bond acceptors (Lipinski definition) is 2. The third kappa shape index (κ3) is 4.37. The first kappa shape index (κ1) is 16.3. The van der Waals surface area contributed by atoms with Crippen molar-refractivity contribution in [2.24, 2.45) is 17.6 Å². The quantitative estimate of drug-likeness (QED) is 0.841. The van der Waals surface area contributed by atoms with E-state index in [1.54, 1.807) is 0 Å². The molecule has 1 amide bonds. The highest BCUT2D eigenvalue weighted by Crippen LogP contribution is 2.42. The molecule has 0 aromatic rings. The Morgan fingerprint density at radius 2 is 1.89 bits per heavy atom. The lowest BCUT2D eigenvalue weighted by atomic mass is 9.78. The van der Waals surface area contributed by atoms with Gasteiger partial charge >= 0.3 is 6.18 Å². The molecule has 112 valence electrons. The Balaban J connectivity index is 2.80. The van der Waals surface area contributed by atoms with Gasteiger partial charge in [-0.25, -0.2) is 0 Å². The molecule has 0 radical (unpaired) electrons. The van der Waals surface area contributed by atoms with Crippen molar-refractivity contribution in [2.75, 3.05) is 19.6 Å². The molecule has 19 heavy (non-hydrogen) atoms. The number of halogens is 3. The van der Waals surface area contributed by atoms with Crippen LogP contribution in [-0.4, -0.2) is 36.6 Å². The van der Waals surface area contributed by atoms with E-state index < -0.39 is 18.0 Å². The molecule has 0 aromatic heterocycles. The van der Waals surface area contributed by atoms with Crippen molar-refractivity contribution in [3.8, 4) is 0 Å². The molecule has 6 heteroatoms. The maximum Gasteiger partial charge on any atom is 0.392 e. The highest BCUT2D eigenvalue weighted by molar-refractivity contribution is 5.79. The molecule has 1 aliphatic carbocycles. The summed E-state index contributed by atoms with van der Waals surface area (Å²) < 4.78 is 39.0. The van der Waals surface area contributed by atoms with Gasteiger partial charge in [-0.15, -0.1) is 0 Å². The van der Waals surface area contributed by atoms with E-state index in [1.165, 1.54) is 4.90 Å². The molecule has 2 unspecified atom stereocenters. The molecule has 0 aromatic carbocycles. The summed E-state index contributed by atoms with van der Waals surface area (Å²) in [5.41, 5.74) is 5.43. The topological polar surface area (TPSA) is 46.3 Å². The molecule has 0 aliphatic heterocycles. The van der Waals surface area contributed by atoms with E-state index in [-0.39, 0.29) is 18.9 Å². The lowest BCUT2D eigenvalue weighted by Gasteiger charge is -2.35. The van der Waals surface area contributed by atoms with Crippen LogP contribution in [0.2, 0.25) is 0 Å². The van der Waals surface area contributed by atoms with Gasteiger partial charge in [-0.3, -0.25) is 4.79 Å². The normalized spacial score (nSPS) is 24.3. The average molecular weight is 280 g/mol. The van der Waals surface area contributed by atoms with Crippen molar-refractivity contribution in [3.05, 3.63) is 0 Å². The highest BCUT2D eigenvalue weighted by Gasteiger charge is 2.48. The minimum Gasteiger partial charge on any atom is -0.341 e. The monoisotopic (exact) mass is 280 g/mol. The van der Waals surface area contributed by atoms with Crippen LogP contribution in [-0.2, 0) is 4.79 Å². The third-order valence-electron chi connectivity index (χ3n) is 3.71. The fourth-order valence-electron chi connectivity index (χ4n) is 2.81. The molecule has 0 bridgehead atoms. The predicted octanol–water partition coefficient (Wildman–Crippen LogP) is 2.55. The molecular formula is C13H23F3N2O. The predicted molar refractivity (Wildman–Crippen MR) is 67.4 cm³/mol. The molecule has 0 spiro atoms.